The number of phosphoric acid groups is 2. The van der Waals surface area contributed by atoms with E-state index in [1.165, 1.54) is 24.3 Å². The third kappa shape index (κ3) is 5.34. The van der Waals surface area contributed by atoms with E-state index in [-0.39, 0.29) is 11.5 Å². The molecule has 0 aromatic heterocycles. The summed E-state index contributed by atoms with van der Waals surface area (Å²) >= 11 is 0. The molecular weight excluding hydrogens is 318 g/mol. The number of rotatable bonds is 6. The van der Waals surface area contributed by atoms with Gasteiger partial charge in [-0.1, -0.05) is 36.4 Å². The largest absolute Gasteiger partial charge is 0.537 e. The summed E-state index contributed by atoms with van der Waals surface area (Å²) in [7, 11) is -9.62. The van der Waals surface area contributed by atoms with E-state index < -0.39 is 15.6 Å². The molecule has 2 atom stereocenters. The normalized spacial score (nSPS) is 16.5. The second-order valence-corrected chi connectivity index (χ2v) is 6.72. The van der Waals surface area contributed by atoms with Crippen LogP contribution < -0.4 is 9.05 Å². The van der Waals surface area contributed by atoms with Crippen LogP contribution in [0, 0.1) is 0 Å². The van der Waals surface area contributed by atoms with Crippen LogP contribution in [0.25, 0.3) is 0 Å². The van der Waals surface area contributed by atoms with E-state index in [0.717, 1.165) is 0 Å². The van der Waals surface area contributed by atoms with Crippen LogP contribution in [0.1, 0.15) is 0 Å². The molecule has 7 nitrogen and oxygen atoms in total. The van der Waals surface area contributed by atoms with E-state index in [0.29, 0.717) is 0 Å². The molecule has 0 bridgehead atoms. The van der Waals surface area contributed by atoms with Crippen LogP contribution in [-0.4, -0.2) is 9.79 Å². The van der Waals surface area contributed by atoms with Crippen molar-refractivity contribution >= 4 is 15.6 Å². The van der Waals surface area contributed by atoms with E-state index >= 15 is 0 Å². The van der Waals surface area contributed by atoms with Crippen molar-refractivity contribution in [2.24, 2.45) is 0 Å². The lowest BCUT2D eigenvalue weighted by molar-refractivity contribution is 0.234. The smallest absolute Gasteiger partial charge is 0.404 e. The maximum absolute atomic E-state index is 11.7. The predicted octanol–water partition coefficient (Wildman–Crippen LogP) is 3.36. The number of para-hydroxylation sites is 2. The van der Waals surface area contributed by atoms with Crippen LogP contribution >= 0.6 is 15.6 Å². The molecule has 2 aromatic carbocycles. The van der Waals surface area contributed by atoms with Crippen molar-refractivity contribution < 1.29 is 32.3 Å². The summed E-state index contributed by atoms with van der Waals surface area (Å²) in [5, 5.41) is 0. The van der Waals surface area contributed by atoms with Gasteiger partial charge in [0, 0.05) is 0 Å². The fraction of sp³-hybridized carbons (Fsp3) is 0. The molecule has 0 saturated heterocycles. The van der Waals surface area contributed by atoms with Gasteiger partial charge >= 0.3 is 15.6 Å². The van der Waals surface area contributed by atoms with Crippen LogP contribution in [0.15, 0.2) is 60.7 Å². The minimum absolute atomic E-state index is 0.0167. The Kier molecular flexibility index (Phi) is 4.83. The van der Waals surface area contributed by atoms with Crippen LogP contribution in [0.4, 0.5) is 0 Å². The fourth-order valence-electron chi connectivity index (χ4n) is 1.39. The topological polar surface area (TPSA) is 102 Å². The maximum atomic E-state index is 11.7. The molecule has 2 N–H and O–H groups in total. The first-order valence-corrected chi connectivity index (χ1v) is 8.72. The van der Waals surface area contributed by atoms with Crippen molar-refractivity contribution in [1.82, 2.24) is 0 Å². The zero-order valence-corrected chi connectivity index (χ0v) is 12.4. The van der Waals surface area contributed by atoms with Gasteiger partial charge in [0.1, 0.15) is 11.5 Å². The number of hydrogen-bond acceptors (Lipinski definition) is 5. The number of phosphoric ester groups is 2. The standard InChI is InChI=1S/C12H12O7P2/c13-20(14,17-11-7-3-1-4-8-11)19-21(15,16)18-12-9-5-2-6-10-12/h1-10H,(H,13,14)(H,15,16). The summed E-state index contributed by atoms with van der Waals surface area (Å²) in [6, 6.07) is 15.2. The molecule has 0 amide bonds. The first-order valence-electron chi connectivity index (χ1n) is 5.73. The Bertz CT molecular complexity index is 615. The highest BCUT2D eigenvalue weighted by Crippen LogP contribution is 2.59. The summed E-state index contributed by atoms with van der Waals surface area (Å²) in [5.41, 5.74) is 0. The van der Waals surface area contributed by atoms with Gasteiger partial charge < -0.3 is 9.05 Å². The van der Waals surface area contributed by atoms with Crippen molar-refractivity contribution in [3.63, 3.8) is 0 Å². The highest BCUT2D eigenvalue weighted by molar-refractivity contribution is 7.61. The van der Waals surface area contributed by atoms with Gasteiger partial charge in [-0.25, -0.2) is 9.13 Å². The van der Waals surface area contributed by atoms with Crippen molar-refractivity contribution in [3.8, 4) is 11.5 Å². The van der Waals surface area contributed by atoms with Gasteiger partial charge in [0.15, 0.2) is 0 Å². The second kappa shape index (κ2) is 6.43. The van der Waals surface area contributed by atoms with E-state index in [2.05, 4.69) is 13.4 Å². The fourth-order valence-corrected chi connectivity index (χ4v) is 3.48. The van der Waals surface area contributed by atoms with Crippen molar-refractivity contribution in [2.45, 2.75) is 0 Å². The van der Waals surface area contributed by atoms with E-state index in [4.69, 9.17) is 0 Å². The summed E-state index contributed by atoms with van der Waals surface area (Å²) in [6.07, 6.45) is 0. The van der Waals surface area contributed by atoms with E-state index in [1.807, 2.05) is 0 Å². The minimum atomic E-state index is -4.81. The van der Waals surface area contributed by atoms with Crippen LogP contribution in [0.2, 0.25) is 0 Å². The molecule has 0 spiro atoms. The highest BCUT2D eigenvalue weighted by atomic mass is 31.3. The lowest BCUT2D eigenvalue weighted by Gasteiger charge is -2.16. The van der Waals surface area contributed by atoms with Gasteiger partial charge in [0.25, 0.3) is 0 Å². The molecule has 9 heteroatoms. The van der Waals surface area contributed by atoms with Gasteiger partial charge in [-0.2, -0.15) is 4.31 Å². The van der Waals surface area contributed by atoms with Gasteiger partial charge in [-0.3, -0.25) is 9.79 Å². The highest BCUT2D eigenvalue weighted by Gasteiger charge is 2.37. The van der Waals surface area contributed by atoms with Crippen LogP contribution in [0.3, 0.4) is 0 Å². The molecule has 21 heavy (non-hydrogen) atoms. The van der Waals surface area contributed by atoms with Crippen molar-refractivity contribution in [3.05, 3.63) is 60.7 Å². The molecule has 0 aliphatic heterocycles. The molecule has 0 heterocycles. The van der Waals surface area contributed by atoms with Crippen LogP contribution in [-0.2, 0) is 13.4 Å². The van der Waals surface area contributed by atoms with Crippen molar-refractivity contribution in [1.29, 1.82) is 0 Å². The summed E-state index contributed by atoms with van der Waals surface area (Å²) in [4.78, 5) is 19.0. The van der Waals surface area contributed by atoms with E-state index in [1.54, 1.807) is 36.4 Å². The molecule has 2 aromatic rings. The maximum Gasteiger partial charge on any atom is 0.537 e. The molecule has 0 radical (unpaired) electrons. The van der Waals surface area contributed by atoms with E-state index in [9.17, 15) is 18.9 Å². The quantitative estimate of drug-likeness (QED) is 0.783. The lowest BCUT2D eigenvalue weighted by atomic mass is 10.3. The second-order valence-electron chi connectivity index (χ2n) is 3.83. The zero-order chi connectivity index (χ0) is 15.3. The number of benzene rings is 2. The minimum Gasteiger partial charge on any atom is -0.404 e. The Labute approximate surface area is 121 Å². The van der Waals surface area contributed by atoms with Gasteiger partial charge in [-0.05, 0) is 24.3 Å². The Balaban J connectivity index is 2.04. The SMILES string of the molecule is O=P(O)(Oc1ccccc1)OP(=O)(O)Oc1ccccc1. The lowest BCUT2D eigenvalue weighted by Crippen LogP contribution is -2.00. The summed E-state index contributed by atoms with van der Waals surface area (Å²) in [6.45, 7) is 0. The molecule has 2 rings (SSSR count). The molecule has 0 aliphatic rings. The van der Waals surface area contributed by atoms with Crippen molar-refractivity contribution in [2.75, 3.05) is 0 Å². The predicted molar refractivity (Wildman–Crippen MR) is 74.9 cm³/mol. The third-order valence-corrected chi connectivity index (χ3v) is 4.67. The first-order chi connectivity index (χ1) is 9.86. The molecule has 112 valence electrons. The molecule has 2 unspecified atom stereocenters. The zero-order valence-electron chi connectivity index (χ0n) is 10.6. The average molecular weight is 330 g/mol. The molecule has 0 fully saturated rings. The Morgan fingerprint density at radius 2 is 1.00 bits per heavy atom. The third-order valence-electron chi connectivity index (χ3n) is 2.13. The number of hydrogen-bond donors (Lipinski definition) is 2. The Morgan fingerprint density at radius 1 is 0.667 bits per heavy atom. The average Bonchev–Trinajstić information content (AvgIpc) is 2.38. The molecular formula is C12H12O7P2. The van der Waals surface area contributed by atoms with Crippen LogP contribution in [0.5, 0.6) is 11.5 Å². The molecule has 0 aliphatic carbocycles. The van der Waals surface area contributed by atoms with Gasteiger partial charge in [0.2, 0.25) is 0 Å². The van der Waals surface area contributed by atoms with Gasteiger partial charge in [-0.15, -0.1) is 0 Å². The molecule has 0 saturated carbocycles. The monoisotopic (exact) mass is 330 g/mol. The summed E-state index contributed by atoms with van der Waals surface area (Å²) in [5.74, 6) is 0.0334. The Morgan fingerprint density at radius 3 is 1.33 bits per heavy atom. The Hall–Kier alpha value is -1.62. The first kappa shape index (κ1) is 15.8. The van der Waals surface area contributed by atoms with Gasteiger partial charge in [0.05, 0.1) is 0 Å². The summed E-state index contributed by atoms with van der Waals surface area (Å²) < 4.78 is 36.9.